The molecule has 0 N–H and O–H groups in total. The molecule has 27 heavy (non-hydrogen) atoms. The summed E-state index contributed by atoms with van der Waals surface area (Å²) in [5.74, 6) is 0.0804. The van der Waals surface area contributed by atoms with Crippen molar-refractivity contribution < 1.29 is 9.18 Å². The summed E-state index contributed by atoms with van der Waals surface area (Å²) in [6, 6.07) is 6.10. The molecule has 1 aromatic rings. The van der Waals surface area contributed by atoms with Crippen molar-refractivity contribution in [1.29, 1.82) is 0 Å². The molecule has 1 aliphatic carbocycles. The van der Waals surface area contributed by atoms with Crippen molar-refractivity contribution in [1.82, 2.24) is 5.01 Å². The molecule has 0 aromatic heterocycles. The number of halogens is 1. The number of alkyl halides is 1. The van der Waals surface area contributed by atoms with Crippen molar-refractivity contribution in [3.8, 4) is 0 Å². The number of benzene rings is 1. The number of carbonyl (C=O) groups is 1. The van der Waals surface area contributed by atoms with Crippen molar-refractivity contribution in [3.63, 3.8) is 0 Å². The standard InChI is InChI=1S/C23H31FN2O/c1-16-7-6-8-17(2)22(16)26(21(27)14-23(3,4)5)25-12-11-18-9-10-20(24)13-19(18)15-25/h6-9,15,20H,10-14H2,1-5H3. The largest absolute Gasteiger partial charge is 0.285 e. The average molecular weight is 371 g/mol. The number of para-hydroxylation sites is 1. The predicted molar refractivity (Wildman–Crippen MR) is 109 cm³/mol. The fraction of sp³-hybridized carbons (Fsp3) is 0.522. The van der Waals surface area contributed by atoms with Crippen molar-refractivity contribution >= 4 is 11.6 Å². The molecule has 1 atom stereocenters. The van der Waals surface area contributed by atoms with Gasteiger partial charge in [0, 0.05) is 25.6 Å². The van der Waals surface area contributed by atoms with Gasteiger partial charge in [-0.2, -0.15) is 0 Å². The van der Waals surface area contributed by atoms with Gasteiger partial charge >= 0.3 is 0 Å². The molecule has 0 fully saturated rings. The summed E-state index contributed by atoms with van der Waals surface area (Å²) in [5.41, 5.74) is 5.26. The Morgan fingerprint density at radius 3 is 2.52 bits per heavy atom. The molecule has 1 amide bonds. The molecule has 146 valence electrons. The van der Waals surface area contributed by atoms with E-state index in [4.69, 9.17) is 0 Å². The highest BCUT2D eigenvalue weighted by atomic mass is 19.1. The number of hydrazine groups is 1. The van der Waals surface area contributed by atoms with Crippen molar-refractivity contribution in [2.45, 2.75) is 66.5 Å². The van der Waals surface area contributed by atoms with Gasteiger partial charge in [0.25, 0.3) is 0 Å². The number of anilines is 1. The van der Waals surface area contributed by atoms with Crippen LogP contribution in [0.15, 0.2) is 41.6 Å². The average Bonchev–Trinajstić information content (AvgIpc) is 2.56. The molecule has 0 saturated heterocycles. The lowest BCUT2D eigenvalue weighted by molar-refractivity contribution is -0.122. The maximum atomic E-state index is 13.9. The van der Waals surface area contributed by atoms with E-state index >= 15 is 0 Å². The first-order chi connectivity index (χ1) is 12.7. The van der Waals surface area contributed by atoms with E-state index in [-0.39, 0.29) is 11.3 Å². The van der Waals surface area contributed by atoms with Crippen molar-refractivity contribution in [2.75, 3.05) is 11.6 Å². The Balaban J connectivity index is 2.03. The minimum Gasteiger partial charge on any atom is -0.285 e. The number of hydrogen-bond acceptors (Lipinski definition) is 2. The van der Waals surface area contributed by atoms with Gasteiger partial charge in [0.15, 0.2) is 0 Å². The Morgan fingerprint density at radius 2 is 1.89 bits per heavy atom. The topological polar surface area (TPSA) is 23.6 Å². The molecule has 0 spiro atoms. The summed E-state index contributed by atoms with van der Waals surface area (Å²) < 4.78 is 13.9. The van der Waals surface area contributed by atoms with Crippen molar-refractivity contribution in [2.24, 2.45) is 5.41 Å². The monoisotopic (exact) mass is 370 g/mol. The Kier molecular flexibility index (Phi) is 5.45. The number of carbonyl (C=O) groups excluding carboxylic acids is 1. The molecular weight excluding hydrogens is 339 g/mol. The van der Waals surface area contributed by atoms with Gasteiger partial charge in [-0.1, -0.05) is 45.0 Å². The third kappa shape index (κ3) is 4.42. The molecule has 3 rings (SSSR count). The minimum atomic E-state index is -0.820. The first-order valence-electron chi connectivity index (χ1n) is 9.85. The normalized spacial score (nSPS) is 19.9. The van der Waals surface area contributed by atoms with Crippen LogP contribution in [0.25, 0.3) is 0 Å². The van der Waals surface area contributed by atoms with Crippen LogP contribution >= 0.6 is 0 Å². The van der Waals surface area contributed by atoms with Crippen LogP contribution in [0, 0.1) is 19.3 Å². The van der Waals surface area contributed by atoms with E-state index in [0.29, 0.717) is 19.3 Å². The summed E-state index contributed by atoms with van der Waals surface area (Å²) in [6.07, 6.45) is 5.45. The molecule has 2 aliphatic rings. The number of rotatable bonds is 3. The molecule has 1 aliphatic heterocycles. The highest BCUT2D eigenvalue weighted by molar-refractivity contribution is 5.94. The van der Waals surface area contributed by atoms with Gasteiger partial charge in [-0.05, 0) is 54.4 Å². The smallest absolute Gasteiger partial charge is 0.246 e. The fourth-order valence-electron chi connectivity index (χ4n) is 3.95. The SMILES string of the molecule is Cc1cccc(C)c1N(C(=O)CC(C)(C)C)N1C=C2CC(F)CC=C2CC1. The van der Waals surface area contributed by atoms with Crippen LogP contribution in [-0.4, -0.2) is 23.6 Å². The van der Waals surface area contributed by atoms with E-state index < -0.39 is 6.17 Å². The second-order valence-electron chi connectivity index (χ2n) is 9.02. The van der Waals surface area contributed by atoms with Gasteiger partial charge in [0.1, 0.15) is 6.17 Å². The van der Waals surface area contributed by atoms with Gasteiger partial charge in [0.05, 0.1) is 5.69 Å². The second-order valence-corrected chi connectivity index (χ2v) is 9.02. The molecule has 0 bridgehead atoms. The van der Waals surface area contributed by atoms with Crippen LogP contribution < -0.4 is 5.01 Å². The molecule has 1 heterocycles. The van der Waals surface area contributed by atoms with Crippen LogP contribution in [0.1, 0.15) is 57.6 Å². The molecule has 1 aromatic carbocycles. The summed E-state index contributed by atoms with van der Waals surface area (Å²) in [6.45, 7) is 11.1. The zero-order valence-electron chi connectivity index (χ0n) is 17.2. The third-order valence-corrected chi connectivity index (χ3v) is 5.21. The molecule has 3 nitrogen and oxygen atoms in total. The van der Waals surface area contributed by atoms with Crippen LogP contribution in [0.5, 0.6) is 0 Å². The second kappa shape index (κ2) is 7.49. The highest BCUT2D eigenvalue weighted by Gasteiger charge is 2.31. The zero-order valence-corrected chi connectivity index (χ0v) is 17.2. The molecule has 0 saturated carbocycles. The Morgan fingerprint density at radius 1 is 1.22 bits per heavy atom. The van der Waals surface area contributed by atoms with Gasteiger partial charge in [-0.25, -0.2) is 9.40 Å². The highest BCUT2D eigenvalue weighted by Crippen LogP contribution is 2.36. The van der Waals surface area contributed by atoms with Crippen LogP contribution in [-0.2, 0) is 4.79 Å². The van der Waals surface area contributed by atoms with E-state index in [2.05, 4.69) is 20.8 Å². The van der Waals surface area contributed by atoms with Gasteiger partial charge < -0.3 is 0 Å². The van der Waals surface area contributed by atoms with E-state index in [9.17, 15) is 9.18 Å². The number of allylic oxidation sites excluding steroid dienone is 2. The van der Waals surface area contributed by atoms with E-state index in [1.807, 2.05) is 54.3 Å². The van der Waals surface area contributed by atoms with Crippen LogP contribution in [0.2, 0.25) is 0 Å². The Labute approximate surface area is 162 Å². The quantitative estimate of drug-likeness (QED) is 0.688. The fourth-order valence-corrected chi connectivity index (χ4v) is 3.95. The van der Waals surface area contributed by atoms with Gasteiger partial charge in [-0.15, -0.1) is 0 Å². The summed E-state index contributed by atoms with van der Waals surface area (Å²) in [5, 5.41) is 3.84. The van der Waals surface area contributed by atoms with Gasteiger partial charge in [0.2, 0.25) is 5.91 Å². The molecule has 4 heteroatoms. The number of fused-ring (bicyclic) bond motifs is 1. The van der Waals surface area contributed by atoms with Crippen molar-refractivity contribution in [3.05, 3.63) is 52.7 Å². The predicted octanol–water partition coefficient (Wildman–Crippen LogP) is 5.64. The molecular formula is C23H31FN2O. The van der Waals surface area contributed by atoms with Crippen LogP contribution in [0.3, 0.4) is 0 Å². The Bertz CT molecular complexity index is 768. The third-order valence-electron chi connectivity index (χ3n) is 5.21. The zero-order chi connectivity index (χ0) is 19.8. The van der Waals surface area contributed by atoms with E-state index in [1.54, 1.807) is 0 Å². The van der Waals surface area contributed by atoms with E-state index in [1.165, 1.54) is 5.57 Å². The van der Waals surface area contributed by atoms with Gasteiger partial charge in [-0.3, -0.25) is 9.80 Å². The minimum absolute atomic E-state index is 0.0804. The molecule has 1 unspecified atom stereocenters. The summed E-state index contributed by atoms with van der Waals surface area (Å²) in [4.78, 5) is 13.4. The lowest BCUT2D eigenvalue weighted by atomic mass is 9.89. The summed E-state index contributed by atoms with van der Waals surface area (Å²) >= 11 is 0. The summed E-state index contributed by atoms with van der Waals surface area (Å²) in [7, 11) is 0. The first kappa shape index (κ1) is 19.7. The number of amides is 1. The first-order valence-corrected chi connectivity index (χ1v) is 9.85. The molecule has 0 radical (unpaired) electrons. The maximum absolute atomic E-state index is 13.9. The van der Waals surface area contributed by atoms with Crippen LogP contribution in [0.4, 0.5) is 10.1 Å². The Hall–Kier alpha value is -2.10. The lowest BCUT2D eigenvalue weighted by Gasteiger charge is -2.41. The number of aryl methyl sites for hydroxylation is 2. The number of nitrogens with zero attached hydrogens (tertiary/aromatic N) is 2. The van der Waals surface area contributed by atoms with E-state index in [0.717, 1.165) is 35.4 Å². The number of hydrogen-bond donors (Lipinski definition) is 0. The maximum Gasteiger partial charge on any atom is 0.246 e. The lowest BCUT2D eigenvalue weighted by Crippen LogP contribution is -2.47.